The topological polar surface area (TPSA) is 60.2 Å². The maximum absolute atomic E-state index is 12.1. The van der Waals surface area contributed by atoms with Crippen molar-refractivity contribution in [2.24, 2.45) is 0 Å². The Morgan fingerprint density at radius 3 is 2.31 bits per heavy atom. The molecule has 0 amide bonds. The predicted molar refractivity (Wildman–Crippen MR) is 62.0 cm³/mol. The number of hydrogen-bond acceptors (Lipinski definition) is 4. The zero-order valence-electron chi connectivity index (χ0n) is 8.19. The van der Waals surface area contributed by atoms with Crippen LogP contribution in [0, 0.1) is 0 Å². The molecule has 0 aliphatic heterocycles. The van der Waals surface area contributed by atoms with Gasteiger partial charge in [-0.2, -0.15) is 0 Å². The van der Waals surface area contributed by atoms with Crippen molar-refractivity contribution in [3.05, 3.63) is 51.2 Å². The molecule has 78 valence electrons. The summed E-state index contributed by atoms with van der Waals surface area (Å²) in [4.78, 5) is 24.6. The Morgan fingerprint density at radius 2 is 1.62 bits per heavy atom. The Balaban J connectivity index is 2.36. The van der Waals surface area contributed by atoms with Crippen LogP contribution in [0.2, 0.25) is 0 Å². The molecule has 0 saturated carbocycles. The second-order valence-corrected chi connectivity index (χ2v) is 4.48. The second-order valence-electron chi connectivity index (χ2n) is 3.60. The molecule has 0 unspecified atom stereocenters. The largest absolute Gasteiger partial charge is 0.397 e. The van der Waals surface area contributed by atoms with E-state index < -0.39 is 0 Å². The number of hydrogen-bond donors (Lipinski definition) is 1. The maximum Gasteiger partial charge on any atom is 0.204 e. The molecule has 0 radical (unpaired) electrons. The van der Waals surface area contributed by atoms with Gasteiger partial charge < -0.3 is 5.73 Å². The van der Waals surface area contributed by atoms with Gasteiger partial charge in [0, 0.05) is 16.5 Å². The number of thiophene rings is 1. The number of anilines is 1. The highest BCUT2D eigenvalue weighted by Gasteiger charge is 2.32. The van der Waals surface area contributed by atoms with Crippen LogP contribution in [0.5, 0.6) is 0 Å². The van der Waals surface area contributed by atoms with Crippen molar-refractivity contribution < 1.29 is 9.59 Å². The summed E-state index contributed by atoms with van der Waals surface area (Å²) >= 11 is 1.23. The number of rotatable bonds is 0. The van der Waals surface area contributed by atoms with Crippen molar-refractivity contribution in [3.63, 3.8) is 0 Å². The minimum atomic E-state index is -0.149. The van der Waals surface area contributed by atoms with Gasteiger partial charge in [0.05, 0.1) is 16.1 Å². The first-order chi connectivity index (χ1) is 7.70. The van der Waals surface area contributed by atoms with Gasteiger partial charge in [-0.15, -0.1) is 11.3 Å². The average Bonchev–Trinajstić information content (AvgIpc) is 2.69. The minimum Gasteiger partial charge on any atom is -0.397 e. The number of fused-ring (bicyclic) bond motifs is 2. The molecule has 3 rings (SSSR count). The first-order valence-corrected chi connectivity index (χ1v) is 5.63. The van der Waals surface area contributed by atoms with Gasteiger partial charge in [0.1, 0.15) is 0 Å². The minimum absolute atomic E-state index is 0.105. The molecule has 2 N–H and O–H groups in total. The van der Waals surface area contributed by atoms with Crippen LogP contribution in [0.25, 0.3) is 0 Å². The third-order valence-corrected chi connectivity index (χ3v) is 3.67. The van der Waals surface area contributed by atoms with Crippen LogP contribution >= 0.6 is 11.3 Å². The SMILES string of the molecule is Nc1csc2c1C(=O)c1ccccc1C2=O. The summed E-state index contributed by atoms with van der Waals surface area (Å²) in [5.41, 5.74) is 7.40. The number of carbonyl (C=O) groups excluding carboxylic acids is 2. The first kappa shape index (κ1) is 9.30. The molecule has 1 heterocycles. The van der Waals surface area contributed by atoms with Crippen LogP contribution in [-0.4, -0.2) is 11.6 Å². The Bertz CT molecular complexity index is 628. The van der Waals surface area contributed by atoms with Crippen molar-refractivity contribution >= 4 is 28.6 Å². The summed E-state index contributed by atoms with van der Waals surface area (Å²) in [6.45, 7) is 0. The lowest BCUT2D eigenvalue weighted by Gasteiger charge is -2.13. The third-order valence-electron chi connectivity index (χ3n) is 2.67. The normalized spacial score (nSPS) is 13.5. The van der Waals surface area contributed by atoms with E-state index in [4.69, 9.17) is 5.73 Å². The van der Waals surface area contributed by atoms with E-state index in [2.05, 4.69) is 0 Å². The van der Waals surface area contributed by atoms with Crippen molar-refractivity contribution in [2.45, 2.75) is 0 Å². The average molecular weight is 229 g/mol. The Hall–Kier alpha value is -1.94. The van der Waals surface area contributed by atoms with E-state index in [0.717, 1.165) is 0 Å². The third kappa shape index (κ3) is 1.02. The molecule has 1 aromatic carbocycles. The molecule has 4 heteroatoms. The number of benzene rings is 1. The second kappa shape index (κ2) is 3.02. The van der Waals surface area contributed by atoms with Crippen LogP contribution in [0.3, 0.4) is 0 Å². The fourth-order valence-electron chi connectivity index (χ4n) is 1.91. The van der Waals surface area contributed by atoms with Crippen LogP contribution in [0.4, 0.5) is 5.69 Å². The quantitative estimate of drug-likeness (QED) is 0.642. The maximum atomic E-state index is 12.1. The smallest absolute Gasteiger partial charge is 0.204 e. The summed E-state index contributed by atoms with van der Waals surface area (Å²) in [5, 5.41) is 1.65. The van der Waals surface area contributed by atoms with Crippen LogP contribution in [-0.2, 0) is 0 Å². The molecule has 0 atom stereocenters. The highest BCUT2D eigenvalue weighted by atomic mass is 32.1. The molecule has 1 aliphatic carbocycles. The van der Waals surface area contributed by atoms with Gasteiger partial charge in [0.2, 0.25) is 5.78 Å². The van der Waals surface area contributed by atoms with Gasteiger partial charge in [-0.05, 0) is 0 Å². The number of ketones is 2. The molecule has 1 aromatic heterocycles. The Morgan fingerprint density at radius 1 is 1.00 bits per heavy atom. The van der Waals surface area contributed by atoms with Crippen LogP contribution < -0.4 is 5.73 Å². The van der Waals surface area contributed by atoms with Crippen molar-refractivity contribution in [3.8, 4) is 0 Å². The highest BCUT2D eigenvalue weighted by Crippen LogP contribution is 2.34. The lowest BCUT2D eigenvalue weighted by atomic mass is 9.88. The summed E-state index contributed by atoms with van der Waals surface area (Å²) < 4.78 is 0. The highest BCUT2D eigenvalue weighted by molar-refractivity contribution is 7.13. The van der Waals surface area contributed by atoms with Crippen LogP contribution in [0.1, 0.15) is 31.2 Å². The lowest BCUT2D eigenvalue weighted by molar-refractivity contribution is 0.0983. The Labute approximate surface area is 95.5 Å². The van der Waals surface area contributed by atoms with Gasteiger partial charge in [0.25, 0.3) is 0 Å². The monoisotopic (exact) mass is 229 g/mol. The van der Waals surface area contributed by atoms with E-state index in [1.165, 1.54) is 11.3 Å². The summed E-state index contributed by atoms with van der Waals surface area (Å²) in [6.07, 6.45) is 0. The zero-order chi connectivity index (χ0) is 11.3. The molecule has 0 saturated heterocycles. The van der Waals surface area contributed by atoms with E-state index in [0.29, 0.717) is 27.3 Å². The molecule has 3 nitrogen and oxygen atoms in total. The molecule has 0 spiro atoms. The molecule has 0 fully saturated rings. The van der Waals surface area contributed by atoms with Gasteiger partial charge in [-0.25, -0.2) is 0 Å². The van der Waals surface area contributed by atoms with E-state index in [1.807, 2.05) is 0 Å². The van der Waals surface area contributed by atoms with E-state index >= 15 is 0 Å². The fraction of sp³-hybridized carbons (Fsp3) is 0. The molecule has 2 aromatic rings. The summed E-state index contributed by atoms with van der Waals surface area (Å²) in [5.74, 6) is -0.254. The number of nitrogens with two attached hydrogens (primary N) is 1. The molecular formula is C12H7NO2S. The fourth-order valence-corrected chi connectivity index (χ4v) is 2.82. The molecule has 16 heavy (non-hydrogen) atoms. The van der Waals surface area contributed by atoms with E-state index in [1.54, 1.807) is 29.6 Å². The van der Waals surface area contributed by atoms with E-state index in [-0.39, 0.29) is 11.6 Å². The summed E-state index contributed by atoms with van der Waals surface area (Å²) in [7, 11) is 0. The molecule has 1 aliphatic rings. The van der Waals surface area contributed by atoms with Crippen molar-refractivity contribution in [1.82, 2.24) is 0 Å². The van der Waals surface area contributed by atoms with Crippen LogP contribution in [0.15, 0.2) is 29.6 Å². The molecule has 0 bridgehead atoms. The van der Waals surface area contributed by atoms with E-state index in [9.17, 15) is 9.59 Å². The van der Waals surface area contributed by atoms with Crippen molar-refractivity contribution in [1.29, 1.82) is 0 Å². The number of nitrogen functional groups attached to an aromatic ring is 1. The summed E-state index contributed by atoms with van der Waals surface area (Å²) in [6, 6.07) is 6.84. The Kier molecular flexibility index (Phi) is 1.76. The predicted octanol–water partition coefficient (Wildman–Crippen LogP) is 2.11. The van der Waals surface area contributed by atoms with Gasteiger partial charge in [-0.3, -0.25) is 9.59 Å². The molecular weight excluding hydrogens is 222 g/mol. The zero-order valence-corrected chi connectivity index (χ0v) is 9.01. The van der Waals surface area contributed by atoms with Gasteiger partial charge >= 0.3 is 0 Å². The first-order valence-electron chi connectivity index (χ1n) is 4.75. The van der Waals surface area contributed by atoms with Gasteiger partial charge in [0.15, 0.2) is 5.78 Å². The standard InChI is InChI=1S/C12H7NO2S/c13-8-5-16-12-9(8)10(14)6-3-1-2-4-7(6)11(12)15/h1-5H,13H2. The lowest BCUT2D eigenvalue weighted by Crippen LogP contribution is -2.19. The van der Waals surface area contributed by atoms with Gasteiger partial charge in [-0.1, -0.05) is 24.3 Å². The van der Waals surface area contributed by atoms with Crippen molar-refractivity contribution in [2.75, 3.05) is 5.73 Å². The number of carbonyl (C=O) groups is 2.